The Hall–Kier alpha value is -1.02. The third-order valence-electron chi connectivity index (χ3n) is 3.74. The van der Waals surface area contributed by atoms with Crippen molar-refractivity contribution in [2.24, 2.45) is 5.92 Å². The second kappa shape index (κ2) is 4.46. The van der Waals surface area contributed by atoms with Crippen LogP contribution in [0.2, 0.25) is 0 Å². The molecule has 1 saturated heterocycles. The molecule has 1 fully saturated rings. The van der Waals surface area contributed by atoms with Crippen LogP contribution in [0.1, 0.15) is 24.8 Å². The van der Waals surface area contributed by atoms with E-state index in [1.807, 2.05) is 0 Å². The first-order chi connectivity index (χ1) is 7.92. The zero-order valence-electron chi connectivity index (χ0n) is 9.61. The first-order valence-corrected chi connectivity index (χ1v) is 6.36. The van der Waals surface area contributed by atoms with Crippen LogP contribution in [0.4, 0.5) is 0 Å². The molecule has 1 N–H and O–H groups in total. The molecule has 16 heavy (non-hydrogen) atoms. The number of para-hydroxylation sites is 1. The number of rotatable bonds is 2. The zero-order valence-corrected chi connectivity index (χ0v) is 9.61. The van der Waals surface area contributed by atoms with Gasteiger partial charge in [-0.05, 0) is 49.8 Å². The summed E-state index contributed by atoms with van der Waals surface area (Å²) in [5.74, 6) is 1.80. The van der Waals surface area contributed by atoms with Gasteiger partial charge < -0.3 is 10.1 Å². The molecule has 0 bridgehead atoms. The lowest BCUT2D eigenvalue weighted by Crippen LogP contribution is -2.29. The highest BCUT2D eigenvalue weighted by atomic mass is 16.5. The minimum absolute atomic E-state index is 0.700. The van der Waals surface area contributed by atoms with E-state index in [2.05, 4.69) is 29.6 Å². The van der Waals surface area contributed by atoms with Gasteiger partial charge in [0.05, 0.1) is 6.61 Å². The second-order valence-electron chi connectivity index (χ2n) is 5.02. The first-order valence-electron chi connectivity index (χ1n) is 6.36. The van der Waals surface area contributed by atoms with Gasteiger partial charge in [0.25, 0.3) is 0 Å². The van der Waals surface area contributed by atoms with Gasteiger partial charge in [0, 0.05) is 6.04 Å². The average Bonchev–Trinajstić information content (AvgIpc) is 2.82. The molecule has 1 aromatic carbocycles. The first kappa shape index (κ1) is 10.2. The van der Waals surface area contributed by atoms with E-state index >= 15 is 0 Å². The molecule has 1 aromatic rings. The van der Waals surface area contributed by atoms with Crippen LogP contribution < -0.4 is 10.1 Å². The van der Waals surface area contributed by atoms with Crippen molar-refractivity contribution >= 4 is 0 Å². The van der Waals surface area contributed by atoms with Gasteiger partial charge in [-0.2, -0.15) is 0 Å². The van der Waals surface area contributed by atoms with Gasteiger partial charge in [0.2, 0.25) is 0 Å². The van der Waals surface area contributed by atoms with Crippen LogP contribution in [0.5, 0.6) is 5.75 Å². The van der Waals surface area contributed by atoms with Crippen molar-refractivity contribution in [2.75, 3.05) is 13.2 Å². The Labute approximate surface area is 97.0 Å². The van der Waals surface area contributed by atoms with Crippen LogP contribution in [0.15, 0.2) is 24.3 Å². The maximum Gasteiger partial charge on any atom is 0.122 e. The number of nitrogens with one attached hydrogen (secondary N) is 1. The van der Waals surface area contributed by atoms with Crippen LogP contribution in [0, 0.1) is 5.92 Å². The van der Waals surface area contributed by atoms with Crippen molar-refractivity contribution < 1.29 is 4.74 Å². The zero-order chi connectivity index (χ0) is 10.8. The van der Waals surface area contributed by atoms with Crippen molar-refractivity contribution in [2.45, 2.75) is 31.7 Å². The topological polar surface area (TPSA) is 21.3 Å². The summed E-state index contributed by atoms with van der Waals surface area (Å²) in [5.41, 5.74) is 1.39. The summed E-state index contributed by atoms with van der Waals surface area (Å²) in [6.07, 6.45) is 5.15. The summed E-state index contributed by atoms with van der Waals surface area (Å²) in [4.78, 5) is 0. The van der Waals surface area contributed by atoms with E-state index in [0.717, 1.165) is 18.4 Å². The second-order valence-corrected chi connectivity index (χ2v) is 5.02. The maximum absolute atomic E-state index is 5.82. The molecule has 0 radical (unpaired) electrons. The summed E-state index contributed by atoms with van der Waals surface area (Å²) < 4.78 is 5.82. The Morgan fingerprint density at radius 1 is 1.31 bits per heavy atom. The Balaban J connectivity index is 1.63. The van der Waals surface area contributed by atoms with Gasteiger partial charge in [-0.25, -0.2) is 0 Å². The summed E-state index contributed by atoms with van der Waals surface area (Å²) in [5, 5.41) is 3.57. The van der Waals surface area contributed by atoms with E-state index in [4.69, 9.17) is 4.74 Å². The van der Waals surface area contributed by atoms with E-state index in [9.17, 15) is 0 Å². The molecule has 0 saturated carbocycles. The summed E-state index contributed by atoms with van der Waals surface area (Å²) in [7, 11) is 0. The maximum atomic E-state index is 5.82. The monoisotopic (exact) mass is 217 g/mol. The lowest BCUT2D eigenvalue weighted by molar-refractivity contribution is 0.204. The van der Waals surface area contributed by atoms with Crippen LogP contribution in [-0.2, 0) is 6.42 Å². The molecule has 86 valence electrons. The van der Waals surface area contributed by atoms with E-state index in [0.29, 0.717) is 5.92 Å². The highest BCUT2D eigenvalue weighted by Crippen LogP contribution is 2.29. The number of benzene rings is 1. The van der Waals surface area contributed by atoms with E-state index in [1.54, 1.807) is 0 Å². The highest BCUT2D eigenvalue weighted by Gasteiger charge is 2.24. The van der Waals surface area contributed by atoms with Gasteiger partial charge in [-0.1, -0.05) is 18.2 Å². The molecule has 3 rings (SSSR count). The van der Waals surface area contributed by atoms with Crippen molar-refractivity contribution in [3.63, 3.8) is 0 Å². The number of fused-ring (bicyclic) bond motifs is 1. The molecule has 0 spiro atoms. The van der Waals surface area contributed by atoms with Crippen molar-refractivity contribution in [1.29, 1.82) is 0 Å². The van der Waals surface area contributed by atoms with Crippen molar-refractivity contribution in [3.8, 4) is 5.75 Å². The summed E-state index contributed by atoms with van der Waals surface area (Å²) in [6, 6.07) is 9.18. The largest absolute Gasteiger partial charge is 0.493 e. The molecular formula is C14H19NO. The van der Waals surface area contributed by atoms with Crippen LogP contribution >= 0.6 is 0 Å². The molecule has 2 unspecified atom stereocenters. The van der Waals surface area contributed by atoms with Crippen molar-refractivity contribution in [3.05, 3.63) is 29.8 Å². The fraction of sp³-hybridized carbons (Fsp3) is 0.571. The number of hydrogen-bond acceptors (Lipinski definition) is 2. The molecule has 0 amide bonds. The van der Waals surface area contributed by atoms with Gasteiger partial charge in [-0.15, -0.1) is 0 Å². The Morgan fingerprint density at radius 2 is 2.25 bits per heavy atom. The molecular weight excluding hydrogens is 198 g/mol. The van der Waals surface area contributed by atoms with E-state index < -0.39 is 0 Å². The van der Waals surface area contributed by atoms with Crippen LogP contribution in [0.25, 0.3) is 0 Å². The molecule has 2 heteroatoms. The molecule has 2 heterocycles. The lowest BCUT2D eigenvalue weighted by atomic mass is 9.90. The third-order valence-corrected chi connectivity index (χ3v) is 3.74. The third kappa shape index (κ3) is 2.07. The van der Waals surface area contributed by atoms with E-state index in [-0.39, 0.29) is 0 Å². The minimum Gasteiger partial charge on any atom is -0.493 e. The Bertz CT molecular complexity index is 358. The van der Waals surface area contributed by atoms with Crippen molar-refractivity contribution in [1.82, 2.24) is 5.32 Å². The fourth-order valence-corrected chi connectivity index (χ4v) is 2.90. The van der Waals surface area contributed by atoms with Gasteiger partial charge in [0.1, 0.15) is 5.75 Å². The standard InChI is InChI=1S/C14H19NO/c1-2-6-14-12(4-1)8-11(10-16-14)9-13-5-3-7-15-13/h1-2,4,6,11,13,15H,3,5,7-10H2. The van der Waals surface area contributed by atoms with Gasteiger partial charge in [0.15, 0.2) is 0 Å². The quantitative estimate of drug-likeness (QED) is 0.821. The molecule has 2 aliphatic rings. The Kier molecular flexibility index (Phi) is 2.83. The molecule has 2 aliphatic heterocycles. The smallest absolute Gasteiger partial charge is 0.122 e. The minimum atomic E-state index is 0.700. The summed E-state index contributed by atoms with van der Waals surface area (Å²) in [6.45, 7) is 2.10. The fourth-order valence-electron chi connectivity index (χ4n) is 2.90. The van der Waals surface area contributed by atoms with Gasteiger partial charge in [-0.3, -0.25) is 0 Å². The lowest BCUT2D eigenvalue weighted by Gasteiger charge is -2.27. The molecule has 0 aliphatic carbocycles. The SMILES string of the molecule is c1ccc2c(c1)CC(CC1CCCN1)CO2. The molecule has 0 aromatic heterocycles. The predicted octanol–water partition coefficient (Wildman–Crippen LogP) is 2.38. The number of hydrogen-bond donors (Lipinski definition) is 1. The average molecular weight is 217 g/mol. The molecule has 2 atom stereocenters. The highest BCUT2D eigenvalue weighted by molar-refractivity contribution is 5.35. The predicted molar refractivity (Wildman–Crippen MR) is 64.8 cm³/mol. The van der Waals surface area contributed by atoms with Crippen LogP contribution in [0.3, 0.4) is 0 Å². The van der Waals surface area contributed by atoms with E-state index in [1.165, 1.54) is 37.8 Å². The summed E-state index contributed by atoms with van der Waals surface area (Å²) >= 11 is 0. The normalized spacial score (nSPS) is 28.5. The van der Waals surface area contributed by atoms with Gasteiger partial charge >= 0.3 is 0 Å². The Morgan fingerprint density at radius 3 is 3.12 bits per heavy atom. The number of ether oxygens (including phenoxy) is 1. The van der Waals surface area contributed by atoms with Crippen LogP contribution in [-0.4, -0.2) is 19.2 Å². The molecule has 2 nitrogen and oxygen atoms in total.